The third-order valence-corrected chi connectivity index (χ3v) is 7.55. The van der Waals surface area contributed by atoms with Gasteiger partial charge >= 0.3 is 0 Å². The summed E-state index contributed by atoms with van der Waals surface area (Å²) in [6, 6.07) is 23.6. The fraction of sp³-hybridized carbons (Fsp3) is 0.281. The Morgan fingerprint density at radius 1 is 1.03 bits per heavy atom. The number of hydrogen-bond donors (Lipinski definition) is 1. The molecule has 0 radical (unpaired) electrons. The molecule has 1 aliphatic carbocycles. The van der Waals surface area contributed by atoms with E-state index in [9.17, 15) is 10.4 Å². The normalized spacial score (nSPS) is 22.6. The van der Waals surface area contributed by atoms with Crippen LogP contribution in [0.5, 0.6) is 11.5 Å². The molecule has 3 heterocycles. The van der Waals surface area contributed by atoms with Gasteiger partial charge in [0.1, 0.15) is 17.1 Å². The van der Waals surface area contributed by atoms with E-state index in [1.807, 2.05) is 56.7 Å². The number of aliphatic hydroxyl groups is 1. The van der Waals surface area contributed by atoms with Gasteiger partial charge in [-0.25, -0.2) is 0 Å². The van der Waals surface area contributed by atoms with E-state index in [-0.39, 0.29) is 5.92 Å². The van der Waals surface area contributed by atoms with Crippen molar-refractivity contribution in [2.45, 2.75) is 36.5 Å². The van der Waals surface area contributed by atoms with Gasteiger partial charge in [0, 0.05) is 24.9 Å². The molecule has 3 unspecified atom stereocenters. The molecule has 4 aromatic rings. The second-order valence-electron chi connectivity index (χ2n) is 10.2. The van der Waals surface area contributed by atoms with E-state index in [0.29, 0.717) is 29.0 Å². The summed E-state index contributed by atoms with van der Waals surface area (Å²) < 4.78 is 12.2. The molecule has 1 aliphatic heterocycles. The van der Waals surface area contributed by atoms with Gasteiger partial charge in [-0.3, -0.25) is 9.97 Å². The highest BCUT2D eigenvalue weighted by molar-refractivity contribution is 5.57. The molecule has 6 rings (SSSR count). The number of benzene rings is 2. The first kappa shape index (κ1) is 26.4. The molecule has 2 aliphatic rings. The van der Waals surface area contributed by atoms with Crippen LogP contribution in [-0.2, 0) is 17.7 Å². The van der Waals surface area contributed by atoms with Gasteiger partial charge in [0.15, 0.2) is 5.60 Å². The van der Waals surface area contributed by atoms with Crippen LogP contribution in [0.1, 0.15) is 46.6 Å². The van der Waals surface area contributed by atoms with Gasteiger partial charge in [0.25, 0.3) is 0 Å². The SMILES string of the molecule is CN(C)Cc1cccnc1.COc1cncc2c1C1(O)CCC(c3ccccc3)C1(c1ccc(C#N)cc1)O2. The summed E-state index contributed by atoms with van der Waals surface area (Å²) in [6.45, 7) is 0.966. The molecule has 7 heteroatoms. The Morgan fingerprint density at radius 2 is 1.79 bits per heavy atom. The van der Waals surface area contributed by atoms with Crippen LogP contribution in [-0.4, -0.2) is 41.2 Å². The van der Waals surface area contributed by atoms with Crippen molar-refractivity contribution in [3.8, 4) is 17.6 Å². The Hall–Kier alpha value is -4.25. The molecule has 2 aromatic carbocycles. The van der Waals surface area contributed by atoms with Crippen molar-refractivity contribution in [3.05, 3.63) is 119 Å². The van der Waals surface area contributed by atoms with Gasteiger partial charge in [-0.1, -0.05) is 48.5 Å². The average Bonchev–Trinajstić information content (AvgIpc) is 3.41. The van der Waals surface area contributed by atoms with Crippen molar-refractivity contribution < 1.29 is 14.6 Å². The molecule has 1 N–H and O–H groups in total. The van der Waals surface area contributed by atoms with Crippen LogP contribution in [0, 0.1) is 11.3 Å². The third-order valence-electron chi connectivity index (χ3n) is 7.55. The minimum atomic E-state index is -1.27. The first-order chi connectivity index (χ1) is 18.9. The lowest BCUT2D eigenvalue weighted by atomic mass is 9.71. The summed E-state index contributed by atoms with van der Waals surface area (Å²) in [5, 5.41) is 21.4. The highest BCUT2D eigenvalue weighted by Gasteiger charge is 2.69. The van der Waals surface area contributed by atoms with Crippen molar-refractivity contribution in [1.82, 2.24) is 14.9 Å². The van der Waals surface area contributed by atoms with E-state index in [0.717, 1.165) is 24.1 Å². The Kier molecular flexibility index (Phi) is 7.34. The van der Waals surface area contributed by atoms with Crippen LogP contribution >= 0.6 is 0 Å². The van der Waals surface area contributed by atoms with Crippen LogP contribution < -0.4 is 9.47 Å². The molecular weight excluding hydrogens is 488 g/mol. The van der Waals surface area contributed by atoms with Gasteiger partial charge in [0.2, 0.25) is 0 Å². The van der Waals surface area contributed by atoms with Crippen LogP contribution in [0.15, 0.2) is 91.5 Å². The zero-order chi connectivity index (χ0) is 27.5. The van der Waals surface area contributed by atoms with Gasteiger partial charge in [0.05, 0.1) is 36.7 Å². The number of rotatable bonds is 5. The van der Waals surface area contributed by atoms with Gasteiger partial charge < -0.3 is 19.5 Å². The molecular formula is C32H32N4O3. The van der Waals surface area contributed by atoms with Crippen molar-refractivity contribution in [2.75, 3.05) is 21.2 Å². The molecule has 0 bridgehead atoms. The maximum Gasteiger partial charge on any atom is 0.174 e. The standard InChI is InChI=1S/C24H20N2O3.C8H12N2/c1-28-20-14-26-15-21-22(20)23(27)12-11-19(17-5-3-2-4-6-17)24(23,29-21)18-9-7-16(13-25)8-10-18;1-10(2)7-8-4-3-5-9-6-8/h2-10,14-15,19,27H,11-12H2,1H3;3-6H,7H2,1-2H3. The van der Waals surface area contributed by atoms with Gasteiger partial charge in [-0.2, -0.15) is 5.26 Å². The summed E-state index contributed by atoms with van der Waals surface area (Å²) in [7, 11) is 5.67. The topological polar surface area (TPSA) is 91.5 Å². The van der Waals surface area contributed by atoms with Crippen molar-refractivity contribution in [3.63, 3.8) is 0 Å². The number of methoxy groups -OCH3 is 1. The number of hydrogen-bond acceptors (Lipinski definition) is 7. The molecule has 2 aromatic heterocycles. The first-order valence-corrected chi connectivity index (χ1v) is 13.0. The Balaban J connectivity index is 0.000000261. The monoisotopic (exact) mass is 520 g/mol. The molecule has 0 saturated heterocycles. The number of nitriles is 1. The predicted molar refractivity (Wildman–Crippen MR) is 148 cm³/mol. The molecule has 39 heavy (non-hydrogen) atoms. The van der Waals surface area contributed by atoms with Crippen LogP contribution in [0.25, 0.3) is 0 Å². The maximum absolute atomic E-state index is 12.2. The summed E-state index contributed by atoms with van der Waals surface area (Å²) in [6.07, 6.45) is 8.22. The fourth-order valence-corrected chi connectivity index (χ4v) is 5.97. The largest absolute Gasteiger partial charge is 0.495 e. The molecule has 1 fully saturated rings. The zero-order valence-electron chi connectivity index (χ0n) is 22.4. The Labute approximate surface area is 229 Å². The molecule has 7 nitrogen and oxygen atoms in total. The van der Waals surface area contributed by atoms with Crippen molar-refractivity contribution >= 4 is 0 Å². The summed E-state index contributed by atoms with van der Waals surface area (Å²) in [5.41, 5.74) is 2.12. The highest BCUT2D eigenvalue weighted by Crippen LogP contribution is 2.67. The third kappa shape index (κ3) is 4.63. The van der Waals surface area contributed by atoms with Gasteiger partial charge in [-0.05, 0) is 61.8 Å². The Morgan fingerprint density at radius 3 is 2.44 bits per heavy atom. The van der Waals surface area contributed by atoms with E-state index >= 15 is 0 Å². The van der Waals surface area contributed by atoms with E-state index in [2.05, 4.69) is 39.1 Å². The molecule has 3 atom stereocenters. The minimum Gasteiger partial charge on any atom is -0.495 e. The van der Waals surface area contributed by atoms with Crippen LogP contribution in [0.2, 0.25) is 0 Å². The van der Waals surface area contributed by atoms with Crippen LogP contribution in [0.4, 0.5) is 0 Å². The minimum absolute atomic E-state index is 0.0706. The van der Waals surface area contributed by atoms with Gasteiger partial charge in [-0.15, -0.1) is 0 Å². The summed E-state index contributed by atoms with van der Waals surface area (Å²) in [5.74, 6) is 0.991. The second kappa shape index (κ2) is 10.9. The highest BCUT2D eigenvalue weighted by atomic mass is 16.5. The van der Waals surface area contributed by atoms with E-state index < -0.39 is 11.2 Å². The van der Waals surface area contributed by atoms with Crippen molar-refractivity contribution in [1.29, 1.82) is 5.26 Å². The quantitative estimate of drug-likeness (QED) is 0.389. The predicted octanol–water partition coefficient (Wildman–Crippen LogP) is 5.16. The maximum atomic E-state index is 12.2. The molecule has 1 saturated carbocycles. The van der Waals surface area contributed by atoms with E-state index in [1.54, 1.807) is 37.8 Å². The number of fused-ring (bicyclic) bond motifs is 3. The lowest BCUT2D eigenvalue weighted by Crippen LogP contribution is -2.48. The molecule has 0 spiro atoms. The van der Waals surface area contributed by atoms with Crippen molar-refractivity contribution in [2.24, 2.45) is 0 Å². The zero-order valence-corrected chi connectivity index (χ0v) is 22.4. The number of nitrogens with zero attached hydrogens (tertiary/aromatic N) is 4. The lowest BCUT2D eigenvalue weighted by molar-refractivity contribution is -0.106. The number of pyridine rings is 2. The second-order valence-corrected chi connectivity index (χ2v) is 10.2. The Bertz CT molecular complexity index is 1450. The van der Waals surface area contributed by atoms with E-state index in [4.69, 9.17) is 9.47 Å². The average molecular weight is 521 g/mol. The summed E-state index contributed by atoms with van der Waals surface area (Å²) in [4.78, 5) is 10.4. The first-order valence-electron chi connectivity index (χ1n) is 13.0. The number of ether oxygens (including phenoxy) is 2. The molecule has 0 amide bonds. The molecule has 198 valence electrons. The van der Waals surface area contributed by atoms with Crippen LogP contribution in [0.3, 0.4) is 0 Å². The van der Waals surface area contributed by atoms with E-state index in [1.165, 1.54) is 5.56 Å². The fourth-order valence-electron chi connectivity index (χ4n) is 5.97. The number of aromatic nitrogens is 2. The summed E-state index contributed by atoms with van der Waals surface area (Å²) >= 11 is 0. The smallest absolute Gasteiger partial charge is 0.174 e. The lowest BCUT2D eigenvalue weighted by Gasteiger charge is -2.40.